The number of carbonyl (C=O) groups excluding carboxylic acids is 1. The maximum Gasteiger partial charge on any atom is 0.238 e. The van der Waals surface area contributed by atoms with Gasteiger partial charge in [0.15, 0.2) is 0 Å². The van der Waals surface area contributed by atoms with Gasteiger partial charge in [0, 0.05) is 23.8 Å². The highest BCUT2D eigenvalue weighted by atomic mass is 35.5. The van der Waals surface area contributed by atoms with E-state index in [1.807, 2.05) is 11.9 Å². The van der Waals surface area contributed by atoms with E-state index in [0.717, 1.165) is 13.0 Å². The molecule has 2 N–H and O–H groups in total. The molecule has 1 aliphatic rings. The Morgan fingerprint density at radius 1 is 1.36 bits per heavy atom. The number of halogens is 1. The Kier molecular flexibility index (Phi) is 5.46. The number of ether oxygens (including phenoxy) is 1. The van der Waals surface area contributed by atoms with Crippen LogP contribution < -0.4 is 15.4 Å². The third-order valence-electron chi connectivity index (χ3n) is 4.22. The topological polar surface area (TPSA) is 53.6 Å². The first-order valence-electron chi connectivity index (χ1n) is 8.23. The summed E-state index contributed by atoms with van der Waals surface area (Å²) in [7, 11) is 3.50. The number of nitrogens with one attached hydrogen (secondary N) is 2. The fraction of sp³-hybridized carbons (Fsp3) is 0.316. The Labute approximate surface area is 152 Å². The number of likely N-dealkylation sites (N-methyl/N-ethyl adjacent to an activating group) is 1. The van der Waals surface area contributed by atoms with E-state index in [-0.39, 0.29) is 12.5 Å². The second-order valence-electron chi connectivity index (χ2n) is 6.19. The number of methoxy groups -OCH3 is 1. The molecule has 1 heterocycles. The predicted molar refractivity (Wildman–Crippen MR) is 102 cm³/mol. The highest BCUT2D eigenvalue weighted by Gasteiger charge is 2.16. The van der Waals surface area contributed by atoms with Gasteiger partial charge in [0.1, 0.15) is 5.75 Å². The molecule has 5 nitrogen and oxygen atoms in total. The monoisotopic (exact) mass is 359 g/mol. The van der Waals surface area contributed by atoms with Crippen LogP contribution in [0.2, 0.25) is 5.02 Å². The van der Waals surface area contributed by atoms with Gasteiger partial charge in [-0.2, -0.15) is 0 Å². The first-order chi connectivity index (χ1) is 12.1. The summed E-state index contributed by atoms with van der Waals surface area (Å²) in [6, 6.07) is 11.5. The highest BCUT2D eigenvalue weighted by Crippen LogP contribution is 2.28. The molecule has 0 fully saturated rings. The van der Waals surface area contributed by atoms with Gasteiger partial charge in [-0.05, 0) is 42.8 Å². The lowest BCUT2D eigenvalue weighted by Gasteiger charge is -2.19. The van der Waals surface area contributed by atoms with Crippen LogP contribution in [0, 0.1) is 0 Å². The molecule has 25 heavy (non-hydrogen) atoms. The van der Waals surface area contributed by atoms with Gasteiger partial charge in [-0.3, -0.25) is 9.69 Å². The van der Waals surface area contributed by atoms with Gasteiger partial charge < -0.3 is 15.4 Å². The van der Waals surface area contributed by atoms with Crippen molar-refractivity contribution in [2.75, 3.05) is 37.9 Å². The second kappa shape index (κ2) is 7.76. The van der Waals surface area contributed by atoms with Gasteiger partial charge in [-0.1, -0.05) is 29.8 Å². The molecule has 0 radical (unpaired) electrons. The zero-order chi connectivity index (χ0) is 17.8. The molecule has 0 aromatic heterocycles. The van der Waals surface area contributed by atoms with Crippen molar-refractivity contribution in [3.8, 4) is 5.75 Å². The summed E-state index contributed by atoms with van der Waals surface area (Å²) in [5.74, 6) is 0.481. The number of fused-ring (bicyclic) bond motifs is 1. The molecular formula is C19H22ClN3O2. The summed E-state index contributed by atoms with van der Waals surface area (Å²) in [6.07, 6.45) is 1.06. The fourth-order valence-corrected chi connectivity index (χ4v) is 3.27. The van der Waals surface area contributed by atoms with Crippen LogP contribution in [-0.2, 0) is 17.8 Å². The second-order valence-corrected chi connectivity index (χ2v) is 6.63. The Balaban J connectivity index is 1.62. The number of benzene rings is 2. The molecular weight excluding hydrogens is 338 g/mol. The summed E-state index contributed by atoms with van der Waals surface area (Å²) in [5.41, 5.74) is 4.35. The van der Waals surface area contributed by atoms with Crippen LogP contribution in [0.25, 0.3) is 0 Å². The van der Waals surface area contributed by atoms with Crippen LogP contribution in [0.5, 0.6) is 5.75 Å². The number of anilines is 2. The zero-order valence-electron chi connectivity index (χ0n) is 14.4. The summed E-state index contributed by atoms with van der Waals surface area (Å²) in [6.45, 7) is 1.96. The van der Waals surface area contributed by atoms with Gasteiger partial charge >= 0.3 is 0 Å². The van der Waals surface area contributed by atoms with Crippen LogP contribution in [0.1, 0.15) is 11.1 Å². The molecule has 0 aliphatic carbocycles. The third-order valence-corrected chi connectivity index (χ3v) is 4.46. The van der Waals surface area contributed by atoms with E-state index in [1.54, 1.807) is 25.3 Å². The van der Waals surface area contributed by atoms with Crippen LogP contribution in [0.4, 0.5) is 11.4 Å². The number of amides is 1. The smallest absolute Gasteiger partial charge is 0.238 e. The number of carbonyl (C=O) groups is 1. The van der Waals surface area contributed by atoms with E-state index < -0.39 is 0 Å². The third kappa shape index (κ3) is 4.24. The average Bonchev–Trinajstić information content (AvgIpc) is 3.04. The number of hydrogen-bond acceptors (Lipinski definition) is 4. The van der Waals surface area contributed by atoms with Gasteiger partial charge in [0.2, 0.25) is 5.91 Å². The van der Waals surface area contributed by atoms with E-state index in [2.05, 4.69) is 28.8 Å². The minimum Gasteiger partial charge on any atom is -0.495 e. The Hall–Kier alpha value is -2.24. The quantitative estimate of drug-likeness (QED) is 0.830. The maximum atomic E-state index is 12.4. The SMILES string of the molecule is COc1ccc(Cl)cc1NC(=O)CN(C)Cc1cccc2c1NCC2. The molecule has 0 spiro atoms. The molecule has 2 aromatic carbocycles. The molecule has 0 saturated heterocycles. The maximum absolute atomic E-state index is 12.4. The molecule has 0 bridgehead atoms. The highest BCUT2D eigenvalue weighted by molar-refractivity contribution is 6.31. The molecule has 2 aromatic rings. The Morgan fingerprint density at radius 3 is 3.00 bits per heavy atom. The molecule has 6 heteroatoms. The van der Waals surface area contributed by atoms with Crippen LogP contribution >= 0.6 is 11.6 Å². The summed E-state index contributed by atoms with van der Waals surface area (Å²) in [4.78, 5) is 14.3. The van der Waals surface area contributed by atoms with Crippen molar-refractivity contribution in [2.24, 2.45) is 0 Å². The number of rotatable bonds is 6. The van der Waals surface area contributed by atoms with Gasteiger partial charge in [0.05, 0.1) is 19.3 Å². The first kappa shape index (κ1) is 17.6. The molecule has 1 aliphatic heterocycles. The van der Waals surface area contributed by atoms with E-state index >= 15 is 0 Å². The lowest BCUT2D eigenvalue weighted by Crippen LogP contribution is -2.30. The molecule has 0 unspecified atom stereocenters. The molecule has 1 amide bonds. The number of nitrogens with zero attached hydrogens (tertiary/aromatic N) is 1. The summed E-state index contributed by atoms with van der Waals surface area (Å²) >= 11 is 6.00. The minimum absolute atomic E-state index is 0.108. The summed E-state index contributed by atoms with van der Waals surface area (Å²) in [5, 5.41) is 6.85. The van der Waals surface area contributed by atoms with E-state index in [0.29, 0.717) is 23.0 Å². The minimum atomic E-state index is -0.108. The summed E-state index contributed by atoms with van der Waals surface area (Å²) < 4.78 is 5.26. The molecule has 3 rings (SSSR count). The van der Waals surface area contributed by atoms with Gasteiger partial charge in [-0.25, -0.2) is 0 Å². The fourth-order valence-electron chi connectivity index (χ4n) is 3.10. The zero-order valence-corrected chi connectivity index (χ0v) is 15.2. The van der Waals surface area contributed by atoms with Crippen molar-refractivity contribution in [1.29, 1.82) is 0 Å². The predicted octanol–water partition coefficient (Wildman–Crippen LogP) is 3.39. The lowest BCUT2D eigenvalue weighted by molar-refractivity contribution is -0.117. The average molecular weight is 360 g/mol. The van der Waals surface area contributed by atoms with Crippen molar-refractivity contribution in [2.45, 2.75) is 13.0 Å². The van der Waals surface area contributed by atoms with Crippen molar-refractivity contribution in [1.82, 2.24) is 4.90 Å². The van der Waals surface area contributed by atoms with Crippen LogP contribution in [-0.4, -0.2) is 38.1 Å². The van der Waals surface area contributed by atoms with Crippen molar-refractivity contribution >= 4 is 28.9 Å². The van der Waals surface area contributed by atoms with E-state index in [9.17, 15) is 4.79 Å². The first-order valence-corrected chi connectivity index (χ1v) is 8.61. The molecule has 132 valence electrons. The van der Waals surface area contributed by atoms with E-state index in [1.165, 1.54) is 16.8 Å². The Bertz CT molecular complexity index is 779. The van der Waals surface area contributed by atoms with Crippen LogP contribution in [0.15, 0.2) is 36.4 Å². The van der Waals surface area contributed by atoms with Crippen molar-refractivity contribution < 1.29 is 9.53 Å². The molecule has 0 atom stereocenters. The standard InChI is InChI=1S/C19H22ClN3O2/c1-23(11-14-5-3-4-13-8-9-21-19(13)14)12-18(24)22-16-10-15(20)6-7-17(16)25-2/h3-7,10,21H,8-9,11-12H2,1-2H3,(H,22,24). The Morgan fingerprint density at radius 2 is 2.20 bits per heavy atom. The van der Waals surface area contributed by atoms with Crippen molar-refractivity contribution in [3.05, 3.63) is 52.5 Å². The largest absolute Gasteiger partial charge is 0.495 e. The van der Waals surface area contributed by atoms with Crippen molar-refractivity contribution in [3.63, 3.8) is 0 Å². The van der Waals surface area contributed by atoms with Crippen LogP contribution in [0.3, 0.4) is 0 Å². The number of hydrogen-bond donors (Lipinski definition) is 2. The van der Waals surface area contributed by atoms with E-state index in [4.69, 9.17) is 16.3 Å². The van der Waals surface area contributed by atoms with Gasteiger partial charge in [0.25, 0.3) is 0 Å². The molecule has 0 saturated carbocycles. The van der Waals surface area contributed by atoms with Gasteiger partial charge in [-0.15, -0.1) is 0 Å². The lowest BCUT2D eigenvalue weighted by atomic mass is 10.1. The number of para-hydroxylation sites is 1. The normalized spacial score (nSPS) is 12.6.